The number of aromatic nitrogens is 3. The summed E-state index contributed by atoms with van der Waals surface area (Å²) in [5.74, 6) is 0. The molecule has 0 saturated heterocycles. The molecule has 5 nitrogen and oxygen atoms in total. The van der Waals surface area contributed by atoms with E-state index in [1.165, 1.54) is 18.0 Å². The number of hydrogen-bond donors (Lipinski definition) is 0. The van der Waals surface area contributed by atoms with E-state index in [0.29, 0.717) is 5.65 Å². The summed E-state index contributed by atoms with van der Waals surface area (Å²) in [6, 6.07) is 1.76. The van der Waals surface area contributed by atoms with Gasteiger partial charge in [0, 0.05) is 17.8 Å². The second-order valence-electron chi connectivity index (χ2n) is 2.46. The minimum Gasteiger partial charge on any atom is -0.452 e. The molecule has 2 aromatic heterocycles. The Morgan fingerprint density at radius 1 is 1.62 bits per heavy atom. The highest BCUT2D eigenvalue weighted by Gasteiger charge is 2.08. The normalized spacial score (nSPS) is 10.2. The second kappa shape index (κ2) is 2.85. The van der Waals surface area contributed by atoms with Crippen molar-refractivity contribution >= 4 is 17.1 Å². The lowest BCUT2D eigenvalue weighted by atomic mass is 10.4. The van der Waals surface area contributed by atoms with Gasteiger partial charge >= 0.3 is 6.09 Å². The van der Waals surface area contributed by atoms with Crippen molar-refractivity contribution in [3.05, 3.63) is 24.8 Å². The molecule has 0 saturated carbocycles. The van der Waals surface area contributed by atoms with Crippen LogP contribution in [0.3, 0.4) is 0 Å². The largest absolute Gasteiger partial charge is 0.452 e. The van der Waals surface area contributed by atoms with Gasteiger partial charge in [0.1, 0.15) is 6.33 Å². The molecule has 5 heteroatoms. The number of nitrogens with zero attached hydrogens (tertiary/aromatic N) is 3. The highest BCUT2D eigenvalue weighted by atomic mass is 16.5. The topological polar surface area (TPSA) is 57.0 Å². The van der Waals surface area contributed by atoms with E-state index in [2.05, 4.69) is 14.7 Å². The molecule has 0 N–H and O–H groups in total. The summed E-state index contributed by atoms with van der Waals surface area (Å²) in [5, 5.41) is 0.813. The third kappa shape index (κ3) is 1.14. The number of fused-ring (bicyclic) bond motifs is 1. The molecule has 0 amide bonds. The van der Waals surface area contributed by atoms with Crippen LogP contribution in [0.5, 0.6) is 0 Å². The molecule has 0 unspecified atom stereocenters. The summed E-state index contributed by atoms with van der Waals surface area (Å²) in [5.41, 5.74) is 0.557. The molecule has 13 heavy (non-hydrogen) atoms. The van der Waals surface area contributed by atoms with E-state index in [-0.39, 0.29) is 0 Å². The molecule has 0 radical (unpaired) electrons. The molecule has 0 aliphatic rings. The van der Waals surface area contributed by atoms with Crippen molar-refractivity contribution < 1.29 is 9.53 Å². The predicted octanol–water partition coefficient (Wildman–Crippen LogP) is 1.05. The molecule has 2 rings (SSSR count). The fraction of sp³-hybridized carbons (Fsp3) is 0.125. The molecule has 2 aromatic rings. The lowest BCUT2D eigenvalue weighted by Crippen LogP contribution is -2.10. The molecule has 2 heterocycles. The quantitative estimate of drug-likeness (QED) is 0.603. The van der Waals surface area contributed by atoms with Gasteiger partial charge in [-0.1, -0.05) is 0 Å². The molecule has 0 atom stereocenters. The van der Waals surface area contributed by atoms with Crippen LogP contribution in [0.2, 0.25) is 0 Å². The Bertz CT molecular complexity index is 449. The van der Waals surface area contributed by atoms with Crippen molar-refractivity contribution in [1.29, 1.82) is 0 Å². The third-order valence-electron chi connectivity index (χ3n) is 1.72. The zero-order valence-electron chi connectivity index (χ0n) is 6.97. The minimum absolute atomic E-state index is 0.450. The van der Waals surface area contributed by atoms with Crippen LogP contribution < -0.4 is 0 Å². The van der Waals surface area contributed by atoms with Gasteiger partial charge in [-0.05, 0) is 6.07 Å². The standard InChI is InChI=1S/C8H7N3O2/c1-13-8(12)11-3-2-6-4-9-5-10-7(6)11/h2-5H,1H3. The zero-order chi connectivity index (χ0) is 9.26. The van der Waals surface area contributed by atoms with Crippen molar-refractivity contribution in [1.82, 2.24) is 14.5 Å². The van der Waals surface area contributed by atoms with E-state index >= 15 is 0 Å². The Morgan fingerprint density at radius 3 is 3.23 bits per heavy atom. The van der Waals surface area contributed by atoms with Gasteiger partial charge in [-0.15, -0.1) is 0 Å². The maximum absolute atomic E-state index is 11.2. The lowest BCUT2D eigenvalue weighted by molar-refractivity contribution is 0.174. The van der Waals surface area contributed by atoms with Crippen molar-refractivity contribution in [2.75, 3.05) is 7.11 Å². The van der Waals surface area contributed by atoms with E-state index in [1.54, 1.807) is 18.5 Å². The van der Waals surface area contributed by atoms with Crippen LogP contribution in [0, 0.1) is 0 Å². The average Bonchev–Trinajstić information content (AvgIpc) is 2.60. The Labute approximate surface area is 74.0 Å². The molecule has 0 spiro atoms. The highest BCUT2D eigenvalue weighted by molar-refractivity contribution is 5.86. The van der Waals surface area contributed by atoms with Gasteiger partial charge in [0.2, 0.25) is 0 Å². The van der Waals surface area contributed by atoms with E-state index in [0.717, 1.165) is 5.39 Å². The maximum atomic E-state index is 11.2. The fourth-order valence-corrected chi connectivity index (χ4v) is 1.12. The Hall–Kier alpha value is -1.91. The third-order valence-corrected chi connectivity index (χ3v) is 1.72. The molecule has 0 aromatic carbocycles. The van der Waals surface area contributed by atoms with Crippen LogP contribution >= 0.6 is 0 Å². The SMILES string of the molecule is COC(=O)n1ccc2cncnc21. The van der Waals surface area contributed by atoms with Crippen molar-refractivity contribution in [2.24, 2.45) is 0 Å². The van der Waals surface area contributed by atoms with Gasteiger partial charge in [0.25, 0.3) is 0 Å². The molecule has 0 fully saturated rings. The maximum Gasteiger partial charge on any atom is 0.419 e. The number of ether oxygens (including phenoxy) is 1. The van der Waals surface area contributed by atoms with Crippen molar-refractivity contribution in [3.8, 4) is 0 Å². The van der Waals surface area contributed by atoms with Crippen LogP contribution in [0.4, 0.5) is 4.79 Å². The molecule has 0 aliphatic heterocycles. The molecular weight excluding hydrogens is 170 g/mol. The predicted molar refractivity (Wildman–Crippen MR) is 45.3 cm³/mol. The zero-order valence-corrected chi connectivity index (χ0v) is 6.97. The first-order valence-corrected chi connectivity index (χ1v) is 3.68. The monoisotopic (exact) mass is 177 g/mol. The van der Waals surface area contributed by atoms with Gasteiger partial charge in [-0.2, -0.15) is 0 Å². The first kappa shape index (κ1) is 7.72. The van der Waals surface area contributed by atoms with Gasteiger partial charge in [-0.25, -0.2) is 19.3 Å². The van der Waals surface area contributed by atoms with Crippen LogP contribution in [-0.2, 0) is 4.74 Å². The smallest absolute Gasteiger partial charge is 0.419 e. The van der Waals surface area contributed by atoms with Gasteiger partial charge < -0.3 is 4.74 Å². The summed E-state index contributed by atoms with van der Waals surface area (Å²) in [6.07, 6.45) is 4.18. The van der Waals surface area contributed by atoms with E-state index < -0.39 is 6.09 Å². The number of rotatable bonds is 0. The fourth-order valence-electron chi connectivity index (χ4n) is 1.12. The summed E-state index contributed by atoms with van der Waals surface area (Å²) in [6.45, 7) is 0. The molecular formula is C8H7N3O2. The van der Waals surface area contributed by atoms with E-state index in [9.17, 15) is 4.79 Å². The van der Waals surface area contributed by atoms with Gasteiger partial charge in [0.15, 0.2) is 5.65 Å². The molecule has 0 bridgehead atoms. The number of methoxy groups -OCH3 is 1. The Kier molecular flexibility index (Phi) is 1.70. The first-order valence-electron chi connectivity index (χ1n) is 3.68. The second-order valence-corrected chi connectivity index (χ2v) is 2.46. The summed E-state index contributed by atoms with van der Waals surface area (Å²) >= 11 is 0. The van der Waals surface area contributed by atoms with Gasteiger partial charge in [0.05, 0.1) is 7.11 Å². The number of hydrogen-bond acceptors (Lipinski definition) is 4. The van der Waals surface area contributed by atoms with Crippen molar-refractivity contribution in [2.45, 2.75) is 0 Å². The lowest BCUT2D eigenvalue weighted by Gasteiger charge is -1.99. The average molecular weight is 177 g/mol. The Balaban J connectivity index is 2.64. The molecule has 0 aliphatic carbocycles. The van der Waals surface area contributed by atoms with Crippen LogP contribution in [0.1, 0.15) is 0 Å². The highest BCUT2D eigenvalue weighted by Crippen LogP contribution is 2.10. The first-order chi connectivity index (χ1) is 6.33. The molecule has 66 valence electrons. The van der Waals surface area contributed by atoms with E-state index in [4.69, 9.17) is 0 Å². The van der Waals surface area contributed by atoms with E-state index in [1.807, 2.05) is 0 Å². The summed E-state index contributed by atoms with van der Waals surface area (Å²) in [4.78, 5) is 19.0. The summed E-state index contributed by atoms with van der Waals surface area (Å²) < 4.78 is 5.90. The van der Waals surface area contributed by atoms with Crippen LogP contribution in [0.15, 0.2) is 24.8 Å². The Morgan fingerprint density at radius 2 is 2.46 bits per heavy atom. The summed E-state index contributed by atoms with van der Waals surface area (Å²) in [7, 11) is 1.33. The van der Waals surface area contributed by atoms with Crippen LogP contribution in [-0.4, -0.2) is 27.7 Å². The number of carbonyl (C=O) groups excluding carboxylic acids is 1. The number of carbonyl (C=O) groups is 1. The van der Waals surface area contributed by atoms with Crippen LogP contribution in [0.25, 0.3) is 11.0 Å². The minimum atomic E-state index is -0.450. The van der Waals surface area contributed by atoms with Crippen molar-refractivity contribution in [3.63, 3.8) is 0 Å². The van der Waals surface area contributed by atoms with Gasteiger partial charge in [-0.3, -0.25) is 0 Å².